The average molecular weight is 549 g/mol. The summed E-state index contributed by atoms with van der Waals surface area (Å²) in [6, 6.07) is 4.92. The van der Waals surface area contributed by atoms with E-state index in [0.29, 0.717) is 0 Å². The van der Waals surface area contributed by atoms with E-state index in [1.165, 1.54) is 48.6 Å². The van der Waals surface area contributed by atoms with Gasteiger partial charge in [-0.15, -0.1) is 0 Å². The van der Waals surface area contributed by atoms with Gasteiger partial charge in [0.05, 0.1) is 19.7 Å². The first-order chi connectivity index (χ1) is 17.2. The Hall–Kier alpha value is -5.29. The third-order valence-corrected chi connectivity index (χ3v) is 5.37. The Balaban J connectivity index is 0.00000320. The summed E-state index contributed by atoms with van der Waals surface area (Å²) in [6.07, 6.45) is 4.72. The van der Waals surface area contributed by atoms with Gasteiger partial charge in [-0.1, -0.05) is 0 Å². The van der Waals surface area contributed by atoms with Crippen molar-refractivity contribution < 1.29 is 36.5 Å². The van der Waals surface area contributed by atoms with Gasteiger partial charge in [0.25, 0.3) is 0 Å². The largest absolute Gasteiger partial charge is 0.344 e. The fraction of sp³-hybridized carbons (Fsp3) is 0. The molecule has 0 spiro atoms. The standard InChI is InChI=1S/C20H10N8O8.Co/c29-25(30)17-9-1-2-10(21-9)18(26(31)32)12-5-6-14(23-12)20(28(35)36)16-8-7-15(24-16)19(27(33)34)13-4-3-11(17)22-13;/h1-8,21-22H;. The molecule has 0 atom stereocenters. The topological polar surface area (TPSA) is 230 Å². The molecule has 0 fully saturated rings. The number of nitrogens with zero attached hydrogens (tertiary/aromatic N) is 6. The van der Waals surface area contributed by atoms with Gasteiger partial charge in [0.15, 0.2) is 0 Å². The molecule has 3 aromatic heterocycles. The molecular formula is C20H10CoN8O8. The maximum Gasteiger partial charge on any atom is 0.320 e. The van der Waals surface area contributed by atoms with E-state index >= 15 is 0 Å². The van der Waals surface area contributed by atoms with Crippen molar-refractivity contribution in [3.05, 3.63) is 87.5 Å². The van der Waals surface area contributed by atoms with E-state index in [1.54, 1.807) is 0 Å². The normalized spacial score (nSPS) is 11.7. The van der Waals surface area contributed by atoms with E-state index in [9.17, 15) is 40.5 Å². The Morgan fingerprint density at radius 1 is 0.486 bits per heavy atom. The number of rotatable bonds is 4. The molecule has 0 unspecified atom stereocenters. The summed E-state index contributed by atoms with van der Waals surface area (Å²) in [5.74, 6) is 0. The number of nitro groups is 4. The number of aromatic amines is 2. The zero-order valence-corrected chi connectivity index (χ0v) is 18.9. The minimum atomic E-state index is -0.795. The van der Waals surface area contributed by atoms with Crippen molar-refractivity contribution in [3.8, 4) is 0 Å². The molecule has 2 aliphatic heterocycles. The van der Waals surface area contributed by atoms with Crippen LogP contribution in [-0.4, -0.2) is 39.6 Å². The fourth-order valence-electron chi connectivity index (χ4n) is 3.91. The number of H-pyrrole nitrogens is 2. The molecule has 17 heteroatoms. The average Bonchev–Trinajstić information content (AvgIpc) is 3.57. The van der Waals surface area contributed by atoms with Gasteiger partial charge in [0, 0.05) is 16.8 Å². The van der Waals surface area contributed by atoms with E-state index in [4.69, 9.17) is 0 Å². The zero-order chi connectivity index (χ0) is 25.7. The summed E-state index contributed by atoms with van der Waals surface area (Å²) in [6.45, 7) is 0. The maximum absolute atomic E-state index is 11.9. The molecule has 37 heavy (non-hydrogen) atoms. The molecule has 0 saturated carbocycles. The number of hydrogen-bond donors (Lipinski definition) is 2. The van der Waals surface area contributed by atoms with E-state index < -0.39 is 42.4 Å². The zero-order valence-electron chi connectivity index (χ0n) is 17.9. The van der Waals surface area contributed by atoms with Crippen LogP contribution in [0, 0.1) is 40.5 Å². The van der Waals surface area contributed by atoms with Crippen LogP contribution in [0.5, 0.6) is 0 Å². The van der Waals surface area contributed by atoms with E-state index in [1.807, 2.05) is 0 Å². The van der Waals surface area contributed by atoms with Gasteiger partial charge in [0.2, 0.25) is 0 Å². The number of nitrogens with one attached hydrogen (secondary N) is 2. The molecule has 8 bridgehead atoms. The van der Waals surface area contributed by atoms with Crippen molar-refractivity contribution in [1.29, 1.82) is 0 Å². The van der Waals surface area contributed by atoms with Crippen molar-refractivity contribution in [3.63, 3.8) is 0 Å². The van der Waals surface area contributed by atoms with Crippen LogP contribution in [0.4, 0.5) is 22.7 Å². The number of hydrogen-bond acceptors (Lipinski definition) is 10. The molecular weight excluding hydrogens is 539 g/mol. The Morgan fingerprint density at radius 3 is 1.05 bits per heavy atom. The first kappa shape index (κ1) is 24.8. The van der Waals surface area contributed by atoms with Crippen LogP contribution in [0.3, 0.4) is 0 Å². The molecule has 0 aromatic carbocycles. The monoisotopic (exact) mass is 549 g/mol. The molecule has 0 saturated heterocycles. The number of fused-ring (bicyclic) bond motifs is 8. The molecule has 0 aliphatic carbocycles. The fourth-order valence-corrected chi connectivity index (χ4v) is 3.91. The van der Waals surface area contributed by atoms with Crippen LogP contribution in [0.15, 0.2) is 24.3 Å². The second-order valence-corrected chi connectivity index (χ2v) is 7.43. The Kier molecular flexibility index (Phi) is 6.07. The molecule has 5 heterocycles. The number of aromatic nitrogens is 4. The maximum atomic E-state index is 11.9. The summed E-state index contributed by atoms with van der Waals surface area (Å²) >= 11 is 0. The van der Waals surface area contributed by atoms with Crippen LogP contribution in [0.25, 0.3) is 46.4 Å². The van der Waals surface area contributed by atoms with Gasteiger partial charge < -0.3 is 9.97 Å². The van der Waals surface area contributed by atoms with Crippen LogP contribution in [-0.2, 0) is 16.8 Å². The predicted octanol–water partition coefficient (Wildman–Crippen LogP) is 4.29. The van der Waals surface area contributed by atoms with Gasteiger partial charge in [-0.05, 0) is 48.6 Å². The van der Waals surface area contributed by atoms with Gasteiger partial charge >= 0.3 is 22.7 Å². The van der Waals surface area contributed by atoms with E-state index in [0.717, 1.165) is 0 Å². The van der Waals surface area contributed by atoms with Crippen LogP contribution in [0.1, 0.15) is 22.8 Å². The molecule has 187 valence electrons. The second-order valence-electron chi connectivity index (χ2n) is 7.43. The van der Waals surface area contributed by atoms with E-state index in [2.05, 4.69) is 19.9 Å². The summed E-state index contributed by atoms with van der Waals surface area (Å²) in [4.78, 5) is 57.7. The van der Waals surface area contributed by atoms with Crippen LogP contribution < -0.4 is 0 Å². The molecule has 16 nitrogen and oxygen atoms in total. The third kappa shape index (κ3) is 4.08. The van der Waals surface area contributed by atoms with Crippen LogP contribution in [0.2, 0.25) is 0 Å². The molecule has 2 aliphatic rings. The van der Waals surface area contributed by atoms with Gasteiger partial charge in [0.1, 0.15) is 44.8 Å². The molecule has 0 amide bonds. The Labute approximate surface area is 213 Å². The quantitative estimate of drug-likeness (QED) is 0.238. The third-order valence-electron chi connectivity index (χ3n) is 5.37. The minimum absolute atomic E-state index is 0. The summed E-state index contributed by atoms with van der Waals surface area (Å²) in [7, 11) is 0. The second kappa shape index (κ2) is 9.05. The van der Waals surface area contributed by atoms with Gasteiger partial charge in [-0.3, -0.25) is 40.5 Å². The van der Waals surface area contributed by atoms with Crippen molar-refractivity contribution in [2.75, 3.05) is 0 Å². The van der Waals surface area contributed by atoms with Crippen LogP contribution >= 0.6 is 0 Å². The van der Waals surface area contributed by atoms with Crippen molar-refractivity contribution in [2.24, 2.45) is 0 Å². The van der Waals surface area contributed by atoms with Crippen molar-refractivity contribution >= 4 is 69.1 Å². The predicted molar refractivity (Wildman–Crippen MR) is 125 cm³/mol. The molecule has 5 rings (SSSR count). The van der Waals surface area contributed by atoms with Crippen molar-refractivity contribution in [2.45, 2.75) is 0 Å². The molecule has 3 aromatic rings. The molecule has 2 N–H and O–H groups in total. The van der Waals surface area contributed by atoms with Crippen molar-refractivity contribution in [1.82, 2.24) is 19.9 Å². The minimum Gasteiger partial charge on any atom is -0.344 e. The molecule has 1 radical (unpaired) electrons. The van der Waals surface area contributed by atoms with Gasteiger partial charge in [-0.25, -0.2) is 9.97 Å². The summed E-state index contributed by atoms with van der Waals surface area (Å²) in [5.41, 5.74) is -3.86. The Bertz CT molecular complexity index is 1660. The Morgan fingerprint density at radius 2 is 0.757 bits per heavy atom. The SMILES string of the molecule is O=[N+]([O-])c1c2nc(c([N+](=O)[O-])c3ccc([nH]3)c([N+](=O)[O-])c3ccc([nH]3)c([N+](=O)[O-])c3nc1C=C3)C=C2.[Co]. The first-order valence-electron chi connectivity index (χ1n) is 9.89. The first-order valence-corrected chi connectivity index (χ1v) is 9.89. The smallest absolute Gasteiger partial charge is 0.320 e. The summed E-state index contributed by atoms with van der Waals surface area (Å²) < 4.78 is 0. The summed E-state index contributed by atoms with van der Waals surface area (Å²) in [5, 5.41) is 47.5. The van der Waals surface area contributed by atoms with Gasteiger partial charge in [-0.2, -0.15) is 0 Å². The van der Waals surface area contributed by atoms with E-state index in [-0.39, 0.29) is 61.6 Å².